The highest BCUT2D eigenvalue weighted by molar-refractivity contribution is 9.10. The maximum atomic E-state index is 3.79. The van der Waals surface area contributed by atoms with Gasteiger partial charge in [0.2, 0.25) is 0 Å². The molecular weight excluding hydrogens is 312 g/mol. The van der Waals surface area contributed by atoms with Gasteiger partial charge < -0.3 is 5.32 Å². The zero-order valence-electron chi connectivity index (χ0n) is 12.5. The molecule has 1 heterocycles. The van der Waals surface area contributed by atoms with Crippen LogP contribution in [0.15, 0.2) is 28.7 Å². The Bertz CT molecular complexity index is 472. The first-order valence-corrected chi connectivity index (χ1v) is 8.62. The van der Waals surface area contributed by atoms with Crippen LogP contribution in [-0.4, -0.2) is 29.6 Å². The number of nitrogens with zero attached hydrogens (tertiary/aromatic N) is 1. The van der Waals surface area contributed by atoms with Crippen LogP contribution in [0.25, 0.3) is 0 Å². The summed E-state index contributed by atoms with van der Waals surface area (Å²) in [5.41, 5.74) is 1.70. The minimum Gasteiger partial charge on any atom is -0.309 e. The smallest absolute Gasteiger partial charge is 0.0278 e. The Balaban J connectivity index is 1.75. The van der Waals surface area contributed by atoms with E-state index in [0.717, 1.165) is 31.6 Å². The summed E-state index contributed by atoms with van der Waals surface area (Å²) in [6, 6.07) is 9.49. The summed E-state index contributed by atoms with van der Waals surface area (Å²) < 4.78 is 1.19. The van der Waals surface area contributed by atoms with Crippen molar-refractivity contribution in [3.05, 3.63) is 34.3 Å². The predicted octanol–water partition coefficient (Wildman–Crippen LogP) is 3.80. The predicted molar refractivity (Wildman–Crippen MR) is 87.8 cm³/mol. The summed E-state index contributed by atoms with van der Waals surface area (Å²) in [6.45, 7) is 8.06. The van der Waals surface area contributed by atoms with Crippen LogP contribution >= 0.6 is 15.9 Å². The normalized spacial score (nSPS) is 31.4. The van der Waals surface area contributed by atoms with Crippen molar-refractivity contribution in [3.8, 4) is 0 Å². The molecule has 0 bridgehead atoms. The van der Waals surface area contributed by atoms with Gasteiger partial charge in [-0.15, -0.1) is 0 Å². The SMILES string of the molecule is CCC1(C)CN(Cc2cccc(Br)c2)C(C2CC2)CN1. The molecule has 0 aromatic heterocycles. The Morgan fingerprint density at radius 2 is 2.20 bits per heavy atom. The molecule has 3 heteroatoms. The maximum Gasteiger partial charge on any atom is 0.0278 e. The van der Waals surface area contributed by atoms with E-state index in [1.54, 1.807) is 0 Å². The Morgan fingerprint density at radius 3 is 2.85 bits per heavy atom. The lowest BCUT2D eigenvalue weighted by Gasteiger charge is -2.46. The molecule has 1 saturated carbocycles. The van der Waals surface area contributed by atoms with Gasteiger partial charge in [-0.1, -0.05) is 35.0 Å². The number of halogens is 1. The van der Waals surface area contributed by atoms with Crippen LogP contribution in [0, 0.1) is 5.92 Å². The molecule has 2 fully saturated rings. The fraction of sp³-hybridized carbons (Fsp3) is 0.647. The van der Waals surface area contributed by atoms with Crippen molar-refractivity contribution in [2.75, 3.05) is 13.1 Å². The highest BCUT2D eigenvalue weighted by Gasteiger charge is 2.41. The second kappa shape index (κ2) is 5.78. The van der Waals surface area contributed by atoms with E-state index in [0.29, 0.717) is 0 Å². The van der Waals surface area contributed by atoms with E-state index < -0.39 is 0 Å². The van der Waals surface area contributed by atoms with Crippen LogP contribution in [0.4, 0.5) is 0 Å². The van der Waals surface area contributed by atoms with E-state index in [1.807, 2.05) is 0 Å². The quantitative estimate of drug-likeness (QED) is 0.899. The van der Waals surface area contributed by atoms with Gasteiger partial charge in [0.15, 0.2) is 0 Å². The number of benzene rings is 1. The third-order valence-electron chi connectivity index (χ3n) is 4.98. The molecule has 1 aliphatic carbocycles. The van der Waals surface area contributed by atoms with Gasteiger partial charge in [-0.25, -0.2) is 0 Å². The largest absolute Gasteiger partial charge is 0.309 e. The zero-order valence-corrected chi connectivity index (χ0v) is 14.1. The van der Waals surface area contributed by atoms with Gasteiger partial charge in [0.05, 0.1) is 0 Å². The Kier molecular flexibility index (Phi) is 4.21. The lowest BCUT2D eigenvalue weighted by atomic mass is 9.91. The average Bonchev–Trinajstić information content (AvgIpc) is 3.23. The van der Waals surface area contributed by atoms with Gasteiger partial charge in [0, 0.05) is 35.7 Å². The van der Waals surface area contributed by atoms with Crippen molar-refractivity contribution in [2.45, 2.75) is 51.2 Å². The molecule has 1 aliphatic heterocycles. The monoisotopic (exact) mass is 336 g/mol. The fourth-order valence-electron chi connectivity index (χ4n) is 3.33. The van der Waals surface area contributed by atoms with E-state index >= 15 is 0 Å². The van der Waals surface area contributed by atoms with Crippen molar-refractivity contribution in [3.63, 3.8) is 0 Å². The fourth-order valence-corrected chi connectivity index (χ4v) is 3.77. The third kappa shape index (κ3) is 3.26. The van der Waals surface area contributed by atoms with Gasteiger partial charge in [-0.05, 0) is 49.8 Å². The summed E-state index contributed by atoms with van der Waals surface area (Å²) in [5.74, 6) is 0.927. The standard InChI is InChI=1S/C17H25BrN2/c1-3-17(2)12-20(16(10-19-17)14-7-8-14)11-13-5-4-6-15(18)9-13/h4-6,9,14,16,19H,3,7-8,10-12H2,1-2H3. The molecule has 0 radical (unpaired) electrons. The highest BCUT2D eigenvalue weighted by atomic mass is 79.9. The molecule has 2 nitrogen and oxygen atoms in total. The number of hydrogen-bond donors (Lipinski definition) is 1. The third-order valence-corrected chi connectivity index (χ3v) is 5.47. The molecule has 110 valence electrons. The Hall–Kier alpha value is -0.380. The van der Waals surface area contributed by atoms with E-state index in [4.69, 9.17) is 0 Å². The van der Waals surface area contributed by atoms with Gasteiger partial charge >= 0.3 is 0 Å². The van der Waals surface area contributed by atoms with Crippen molar-refractivity contribution in [1.82, 2.24) is 10.2 Å². The van der Waals surface area contributed by atoms with Crippen LogP contribution in [-0.2, 0) is 6.54 Å². The summed E-state index contributed by atoms with van der Waals surface area (Å²) in [4.78, 5) is 2.72. The van der Waals surface area contributed by atoms with Crippen LogP contribution in [0.1, 0.15) is 38.7 Å². The van der Waals surface area contributed by atoms with Gasteiger partial charge in [0.1, 0.15) is 0 Å². The molecule has 1 saturated heterocycles. The molecular formula is C17H25BrN2. The Labute approximate surface area is 131 Å². The molecule has 20 heavy (non-hydrogen) atoms. The molecule has 2 atom stereocenters. The van der Waals surface area contributed by atoms with Crippen LogP contribution in [0.5, 0.6) is 0 Å². The lowest BCUT2D eigenvalue weighted by molar-refractivity contribution is 0.0662. The first-order valence-electron chi connectivity index (χ1n) is 7.83. The lowest BCUT2D eigenvalue weighted by Crippen LogP contribution is -2.62. The van der Waals surface area contributed by atoms with Gasteiger partial charge in [-0.2, -0.15) is 0 Å². The first-order chi connectivity index (χ1) is 9.59. The van der Waals surface area contributed by atoms with Crippen LogP contribution in [0.3, 0.4) is 0 Å². The Morgan fingerprint density at radius 1 is 1.40 bits per heavy atom. The minimum absolute atomic E-state index is 0.275. The summed E-state index contributed by atoms with van der Waals surface area (Å²) in [5, 5.41) is 3.79. The molecule has 2 aliphatic rings. The first kappa shape index (κ1) is 14.6. The second-order valence-corrected chi connectivity index (χ2v) is 7.65. The second-order valence-electron chi connectivity index (χ2n) is 6.73. The van der Waals surface area contributed by atoms with Crippen LogP contribution < -0.4 is 5.32 Å². The molecule has 3 rings (SSSR count). The number of hydrogen-bond acceptors (Lipinski definition) is 2. The number of nitrogens with one attached hydrogen (secondary N) is 1. The van der Waals surface area contributed by atoms with Gasteiger partial charge in [0.25, 0.3) is 0 Å². The van der Waals surface area contributed by atoms with E-state index in [-0.39, 0.29) is 5.54 Å². The summed E-state index contributed by atoms with van der Waals surface area (Å²) in [7, 11) is 0. The van der Waals surface area contributed by atoms with Crippen molar-refractivity contribution >= 4 is 15.9 Å². The van der Waals surface area contributed by atoms with Crippen molar-refractivity contribution in [1.29, 1.82) is 0 Å². The average molecular weight is 337 g/mol. The van der Waals surface area contributed by atoms with Crippen molar-refractivity contribution in [2.24, 2.45) is 5.92 Å². The maximum absolute atomic E-state index is 3.79. The molecule has 2 unspecified atom stereocenters. The zero-order chi connectivity index (χ0) is 14.2. The summed E-state index contributed by atoms with van der Waals surface area (Å²) in [6.07, 6.45) is 4.04. The van der Waals surface area contributed by atoms with Crippen LogP contribution in [0.2, 0.25) is 0 Å². The van der Waals surface area contributed by atoms with Crippen molar-refractivity contribution < 1.29 is 0 Å². The van der Waals surface area contributed by atoms with E-state index in [2.05, 4.69) is 64.3 Å². The van der Waals surface area contributed by atoms with Gasteiger partial charge in [-0.3, -0.25) is 4.90 Å². The molecule has 1 aromatic carbocycles. The van der Waals surface area contributed by atoms with E-state index in [9.17, 15) is 0 Å². The summed E-state index contributed by atoms with van der Waals surface area (Å²) >= 11 is 3.59. The molecule has 1 N–H and O–H groups in total. The topological polar surface area (TPSA) is 15.3 Å². The highest BCUT2D eigenvalue weighted by Crippen LogP contribution is 2.38. The molecule has 1 aromatic rings. The number of rotatable bonds is 4. The molecule has 0 amide bonds. The van der Waals surface area contributed by atoms with E-state index in [1.165, 1.54) is 29.3 Å². The minimum atomic E-state index is 0.275. The number of piperazine rings is 1. The molecule has 0 spiro atoms.